The Bertz CT molecular complexity index is 991. The van der Waals surface area contributed by atoms with Crippen LogP contribution in [0.4, 0.5) is 0 Å². The molecule has 1 amide bonds. The predicted octanol–water partition coefficient (Wildman–Crippen LogP) is 3.15. The lowest BCUT2D eigenvalue weighted by Crippen LogP contribution is -2.43. The highest BCUT2D eigenvalue weighted by Gasteiger charge is 2.38. The number of benzene rings is 1. The number of aromatic nitrogens is 1. The van der Waals surface area contributed by atoms with Gasteiger partial charge in [0.05, 0.1) is 14.2 Å². The molecule has 1 unspecified atom stereocenters. The quantitative estimate of drug-likeness (QED) is 0.719. The lowest BCUT2D eigenvalue weighted by molar-refractivity contribution is -0.146. The Hall–Kier alpha value is -2.80. The zero-order chi connectivity index (χ0) is 18.3. The summed E-state index contributed by atoms with van der Waals surface area (Å²) in [5, 5.41) is 2.86. The van der Waals surface area contributed by atoms with Gasteiger partial charge >= 0.3 is 5.97 Å². The normalized spacial score (nSPS) is 16.4. The van der Waals surface area contributed by atoms with E-state index in [2.05, 4.69) is 4.98 Å². The Morgan fingerprint density at radius 2 is 2.08 bits per heavy atom. The molecule has 1 aliphatic heterocycles. The number of H-pyrrole nitrogens is 1. The summed E-state index contributed by atoms with van der Waals surface area (Å²) in [7, 11) is 2.95. The molecule has 0 saturated carbocycles. The van der Waals surface area contributed by atoms with Gasteiger partial charge in [-0.2, -0.15) is 0 Å². The molecule has 7 heteroatoms. The number of nitrogens with one attached hydrogen (secondary N) is 1. The molecule has 4 rings (SSSR count). The maximum absolute atomic E-state index is 13.1. The molecule has 3 aromatic rings. The highest BCUT2D eigenvalue weighted by molar-refractivity contribution is 7.10. The number of amides is 1. The van der Waals surface area contributed by atoms with E-state index in [0.717, 1.165) is 27.8 Å². The highest BCUT2D eigenvalue weighted by Crippen LogP contribution is 2.35. The molecule has 1 aliphatic rings. The fourth-order valence-electron chi connectivity index (χ4n) is 3.40. The minimum absolute atomic E-state index is 0.215. The van der Waals surface area contributed by atoms with Crippen molar-refractivity contribution in [3.63, 3.8) is 0 Å². The highest BCUT2D eigenvalue weighted by atomic mass is 32.1. The maximum atomic E-state index is 13.1. The van der Waals surface area contributed by atoms with Crippen molar-refractivity contribution in [2.24, 2.45) is 0 Å². The Labute approximate surface area is 154 Å². The van der Waals surface area contributed by atoms with Gasteiger partial charge in [-0.15, -0.1) is 11.3 Å². The Balaban J connectivity index is 1.71. The molecule has 0 fully saturated rings. The van der Waals surface area contributed by atoms with Gasteiger partial charge in [-0.05, 0) is 41.6 Å². The number of methoxy groups -OCH3 is 2. The van der Waals surface area contributed by atoms with E-state index in [1.54, 1.807) is 29.4 Å². The van der Waals surface area contributed by atoms with E-state index in [9.17, 15) is 9.59 Å². The van der Waals surface area contributed by atoms with Crippen molar-refractivity contribution in [1.29, 1.82) is 0 Å². The lowest BCUT2D eigenvalue weighted by atomic mass is 9.99. The van der Waals surface area contributed by atoms with Gasteiger partial charge in [0.1, 0.15) is 11.4 Å². The van der Waals surface area contributed by atoms with Crippen LogP contribution in [0.3, 0.4) is 0 Å². The van der Waals surface area contributed by atoms with Crippen LogP contribution < -0.4 is 4.74 Å². The molecule has 1 aromatic carbocycles. The number of nitrogens with zero attached hydrogens (tertiary/aromatic N) is 1. The number of carbonyl (C=O) groups is 2. The van der Waals surface area contributed by atoms with Gasteiger partial charge in [0.15, 0.2) is 6.04 Å². The smallest absolute Gasteiger partial charge is 0.333 e. The van der Waals surface area contributed by atoms with Gasteiger partial charge in [0.2, 0.25) is 0 Å². The van der Waals surface area contributed by atoms with Gasteiger partial charge in [-0.1, -0.05) is 0 Å². The number of ether oxygens (including phenoxy) is 2. The Kier molecular flexibility index (Phi) is 4.16. The standard InChI is InChI=1S/C19H18N2O4S/c1-24-12-4-3-11-9-15(20-14(11)10-12)18(22)21-7-5-16-13(6-8-26-16)17(21)19(23)25-2/h3-4,6,8-10,17,20H,5,7H2,1-2H3. The predicted molar refractivity (Wildman–Crippen MR) is 98.7 cm³/mol. The number of carbonyl (C=O) groups excluding carboxylic acids is 2. The largest absolute Gasteiger partial charge is 0.497 e. The first kappa shape index (κ1) is 16.7. The number of hydrogen-bond acceptors (Lipinski definition) is 5. The fourth-order valence-corrected chi connectivity index (χ4v) is 4.31. The van der Waals surface area contributed by atoms with E-state index in [1.165, 1.54) is 7.11 Å². The summed E-state index contributed by atoms with van der Waals surface area (Å²) in [5.74, 6) is 0.0783. The lowest BCUT2D eigenvalue weighted by Gasteiger charge is -2.33. The van der Waals surface area contributed by atoms with Crippen molar-refractivity contribution >= 4 is 34.1 Å². The van der Waals surface area contributed by atoms with Crippen LogP contribution in [0, 0.1) is 0 Å². The number of esters is 1. The zero-order valence-electron chi connectivity index (χ0n) is 14.4. The second kappa shape index (κ2) is 6.49. The fraction of sp³-hybridized carbons (Fsp3) is 0.263. The van der Waals surface area contributed by atoms with E-state index in [-0.39, 0.29) is 5.91 Å². The monoisotopic (exact) mass is 370 g/mol. The number of thiophene rings is 1. The van der Waals surface area contributed by atoms with Crippen molar-refractivity contribution in [2.75, 3.05) is 20.8 Å². The van der Waals surface area contributed by atoms with E-state index >= 15 is 0 Å². The molecule has 1 N–H and O–H groups in total. The van der Waals surface area contributed by atoms with Crippen LogP contribution in [0.2, 0.25) is 0 Å². The Morgan fingerprint density at radius 3 is 2.85 bits per heavy atom. The summed E-state index contributed by atoms with van der Waals surface area (Å²) in [6.45, 7) is 0.477. The van der Waals surface area contributed by atoms with E-state index < -0.39 is 12.0 Å². The van der Waals surface area contributed by atoms with E-state index in [0.29, 0.717) is 18.0 Å². The Morgan fingerprint density at radius 1 is 1.23 bits per heavy atom. The van der Waals surface area contributed by atoms with E-state index in [1.807, 2.05) is 29.6 Å². The molecule has 0 saturated heterocycles. The molecule has 0 bridgehead atoms. The molecule has 0 radical (unpaired) electrons. The average Bonchev–Trinajstić information content (AvgIpc) is 3.31. The van der Waals surface area contributed by atoms with Crippen molar-refractivity contribution in [1.82, 2.24) is 9.88 Å². The number of hydrogen-bond donors (Lipinski definition) is 1. The second-order valence-corrected chi connectivity index (χ2v) is 7.11. The first-order valence-electron chi connectivity index (χ1n) is 8.24. The molecular weight excluding hydrogens is 352 g/mol. The van der Waals surface area contributed by atoms with Crippen molar-refractivity contribution in [3.8, 4) is 5.75 Å². The van der Waals surface area contributed by atoms with Crippen LogP contribution in [0.25, 0.3) is 10.9 Å². The third kappa shape index (κ3) is 2.64. The van der Waals surface area contributed by atoms with Gasteiger partial charge in [0.25, 0.3) is 5.91 Å². The zero-order valence-corrected chi connectivity index (χ0v) is 15.3. The topological polar surface area (TPSA) is 71.6 Å². The molecule has 0 aliphatic carbocycles. The minimum atomic E-state index is -0.705. The molecule has 1 atom stereocenters. The van der Waals surface area contributed by atoms with Crippen LogP contribution in [0.15, 0.2) is 35.7 Å². The summed E-state index contributed by atoms with van der Waals surface area (Å²) < 4.78 is 10.2. The van der Waals surface area contributed by atoms with Gasteiger partial charge < -0.3 is 19.4 Å². The third-order valence-electron chi connectivity index (χ3n) is 4.71. The van der Waals surface area contributed by atoms with Crippen molar-refractivity contribution in [2.45, 2.75) is 12.5 Å². The van der Waals surface area contributed by atoms with Gasteiger partial charge in [-0.25, -0.2) is 4.79 Å². The minimum Gasteiger partial charge on any atom is -0.497 e. The van der Waals surface area contributed by atoms with Crippen LogP contribution in [0.1, 0.15) is 27.0 Å². The van der Waals surface area contributed by atoms with E-state index in [4.69, 9.17) is 9.47 Å². The first-order chi connectivity index (χ1) is 12.6. The molecule has 6 nitrogen and oxygen atoms in total. The third-order valence-corrected chi connectivity index (χ3v) is 5.71. The van der Waals surface area contributed by atoms with Crippen LogP contribution in [-0.4, -0.2) is 42.5 Å². The van der Waals surface area contributed by atoms with Gasteiger partial charge in [-0.3, -0.25) is 4.79 Å². The van der Waals surface area contributed by atoms with Crippen LogP contribution >= 0.6 is 11.3 Å². The summed E-state index contributed by atoms with van der Waals surface area (Å²) >= 11 is 1.61. The summed E-state index contributed by atoms with van der Waals surface area (Å²) in [6.07, 6.45) is 0.736. The maximum Gasteiger partial charge on any atom is 0.333 e. The molecule has 2 aromatic heterocycles. The summed E-state index contributed by atoms with van der Waals surface area (Å²) in [5.41, 5.74) is 2.12. The summed E-state index contributed by atoms with van der Waals surface area (Å²) in [6, 6.07) is 8.58. The SMILES string of the molecule is COC(=O)C1c2ccsc2CCN1C(=O)c1cc2ccc(OC)cc2[nH]1. The van der Waals surface area contributed by atoms with Gasteiger partial charge in [0, 0.05) is 28.4 Å². The molecule has 26 heavy (non-hydrogen) atoms. The second-order valence-electron chi connectivity index (χ2n) is 6.11. The molecular formula is C19H18N2O4S. The van der Waals surface area contributed by atoms with Crippen LogP contribution in [-0.2, 0) is 16.0 Å². The number of rotatable bonds is 3. The average molecular weight is 370 g/mol. The summed E-state index contributed by atoms with van der Waals surface area (Å²) in [4.78, 5) is 31.4. The number of aromatic amines is 1. The first-order valence-corrected chi connectivity index (χ1v) is 9.12. The van der Waals surface area contributed by atoms with Crippen LogP contribution in [0.5, 0.6) is 5.75 Å². The van der Waals surface area contributed by atoms with Crippen molar-refractivity contribution in [3.05, 3.63) is 51.8 Å². The van der Waals surface area contributed by atoms with Crippen molar-refractivity contribution < 1.29 is 19.1 Å². The molecule has 0 spiro atoms. The number of fused-ring (bicyclic) bond motifs is 2. The molecule has 134 valence electrons. The molecule has 3 heterocycles.